The van der Waals surface area contributed by atoms with Gasteiger partial charge in [0, 0.05) is 35.9 Å². The van der Waals surface area contributed by atoms with E-state index in [2.05, 4.69) is 76.8 Å². The van der Waals surface area contributed by atoms with Crippen LogP contribution in [0.25, 0.3) is 0 Å². The van der Waals surface area contributed by atoms with E-state index < -0.39 is 0 Å². The van der Waals surface area contributed by atoms with Crippen LogP contribution in [-0.4, -0.2) is 23.8 Å². The van der Waals surface area contributed by atoms with Crippen LogP contribution in [0.1, 0.15) is 77.0 Å². The minimum absolute atomic E-state index is 0.159. The number of aromatic hydroxyl groups is 1. The molecule has 0 radical (unpaired) electrons. The van der Waals surface area contributed by atoms with Crippen LogP contribution >= 0.6 is 0 Å². The van der Waals surface area contributed by atoms with Crippen molar-refractivity contribution in [2.75, 3.05) is 11.5 Å². The fraction of sp³-hybridized carbons (Fsp3) is 0.520. The first-order valence-electron chi connectivity index (χ1n) is 10.7. The normalized spacial score (nSPS) is 12.6. The fourth-order valence-electron chi connectivity index (χ4n) is 4.04. The standard InChI is InChI=1S/C25H37NO2/c1-7-14-28-17-20-12-13-25(27)24(15-20)23(8-2)21-10-9-11-22(16-21)26(18(3)4)19(5)6/h9-13,15-16,18-19,23,27H,7-8,14,17H2,1-6H3. The Bertz CT molecular complexity index is 731. The Morgan fingerprint density at radius 3 is 2.29 bits per heavy atom. The van der Waals surface area contributed by atoms with Crippen LogP contribution in [-0.2, 0) is 11.3 Å². The van der Waals surface area contributed by atoms with Gasteiger partial charge in [-0.15, -0.1) is 0 Å². The second-order valence-electron chi connectivity index (χ2n) is 8.10. The number of benzene rings is 2. The first-order chi connectivity index (χ1) is 13.4. The molecule has 1 N–H and O–H groups in total. The van der Waals surface area contributed by atoms with Gasteiger partial charge in [-0.25, -0.2) is 0 Å². The topological polar surface area (TPSA) is 32.7 Å². The lowest BCUT2D eigenvalue weighted by molar-refractivity contribution is 0.121. The maximum Gasteiger partial charge on any atom is 0.119 e. The molecule has 2 rings (SSSR count). The highest BCUT2D eigenvalue weighted by molar-refractivity contribution is 5.53. The quantitative estimate of drug-likeness (QED) is 0.476. The fourth-order valence-corrected chi connectivity index (χ4v) is 4.04. The van der Waals surface area contributed by atoms with Gasteiger partial charge in [0.2, 0.25) is 0 Å². The molecule has 28 heavy (non-hydrogen) atoms. The Balaban J connectivity index is 2.37. The SMILES string of the molecule is CCCOCc1ccc(O)c(C(CC)c2cccc(N(C(C)C)C(C)C)c2)c1. The van der Waals surface area contributed by atoms with Gasteiger partial charge < -0.3 is 14.7 Å². The van der Waals surface area contributed by atoms with Crippen LogP contribution in [0.15, 0.2) is 42.5 Å². The zero-order valence-electron chi connectivity index (χ0n) is 18.4. The lowest BCUT2D eigenvalue weighted by Crippen LogP contribution is -2.37. The number of phenolic OH excluding ortho intramolecular Hbond substituents is 1. The van der Waals surface area contributed by atoms with Crippen LogP contribution in [0.4, 0.5) is 5.69 Å². The molecule has 2 aromatic carbocycles. The summed E-state index contributed by atoms with van der Waals surface area (Å²) in [6.07, 6.45) is 1.94. The van der Waals surface area contributed by atoms with E-state index in [1.807, 2.05) is 6.07 Å². The van der Waals surface area contributed by atoms with E-state index in [0.29, 0.717) is 24.4 Å². The van der Waals surface area contributed by atoms with Gasteiger partial charge >= 0.3 is 0 Å². The van der Waals surface area contributed by atoms with Crippen molar-refractivity contribution in [3.8, 4) is 5.75 Å². The molecule has 0 amide bonds. The van der Waals surface area contributed by atoms with Crippen molar-refractivity contribution in [3.63, 3.8) is 0 Å². The van der Waals surface area contributed by atoms with Gasteiger partial charge in [0.1, 0.15) is 5.75 Å². The molecule has 0 heterocycles. The van der Waals surface area contributed by atoms with Crippen LogP contribution in [0.5, 0.6) is 5.75 Å². The molecular weight excluding hydrogens is 346 g/mol. The van der Waals surface area contributed by atoms with E-state index in [-0.39, 0.29) is 5.92 Å². The van der Waals surface area contributed by atoms with Crippen molar-refractivity contribution in [1.82, 2.24) is 0 Å². The third-order valence-electron chi connectivity index (χ3n) is 5.18. The molecule has 154 valence electrons. The molecule has 1 unspecified atom stereocenters. The predicted molar refractivity (Wildman–Crippen MR) is 119 cm³/mol. The third kappa shape index (κ3) is 5.51. The van der Waals surface area contributed by atoms with E-state index in [1.165, 1.54) is 11.3 Å². The van der Waals surface area contributed by atoms with Crippen molar-refractivity contribution >= 4 is 5.69 Å². The molecule has 0 saturated carbocycles. The molecule has 0 spiro atoms. The maximum absolute atomic E-state index is 10.6. The van der Waals surface area contributed by atoms with E-state index in [4.69, 9.17) is 4.74 Å². The number of hydrogen-bond acceptors (Lipinski definition) is 3. The monoisotopic (exact) mass is 383 g/mol. The second kappa shape index (κ2) is 10.5. The molecule has 2 aromatic rings. The summed E-state index contributed by atoms with van der Waals surface area (Å²) in [6, 6.07) is 15.5. The molecule has 0 aromatic heterocycles. The Labute approximate surface area is 171 Å². The summed E-state index contributed by atoms with van der Waals surface area (Å²) in [4.78, 5) is 2.44. The van der Waals surface area contributed by atoms with Crippen LogP contribution in [0.3, 0.4) is 0 Å². The number of ether oxygens (including phenoxy) is 1. The summed E-state index contributed by atoms with van der Waals surface area (Å²) in [5, 5.41) is 10.6. The molecule has 0 saturated heterocycles. The smallest absolute Gasteiger partial charge is 0.119 e. The molecule has 3 heteroatoms. The Hall–Kier alpha value is -2.00. The highest BCUT2D eigenvalue weighted by Crippen LogP contribution is 2.36. The minimum Gasteiger partial charge on any atom is -0.508 e. The first kappa shape index (κ1) is 22.3. The largest absolute Gasteiger partial charge is 0.508 e. The Kier molecular flexibility index (Phi) is 8.37. The lowest BCUT2D eigenvalue weighted by Gasteiger charge is -2.34. The van der Waals surface area contributed by atoms with E-state index in [0.717, 1.165) is 30.6 Å². The van der Waals surface area contributed by atoms with Crippen LogP contribution in [0.2, 0.25) is 0 Å². The van der Waals surface area contributed by atoms with E-state index in [9.17, 15) is 5.11 Å². The average molecular weight is 384 g/mol. The Morgan fingerprint density at radius 1 is 0.964 bits per heavy atom. The number of rotatable bonds is 10. The first-order valence-corrected chi connectivity index (χ1v) is 10.7. The summed E-state index contributed by atoms with van der Waals surface area (Å²) >= 11 is 0. The number of hydrogen-bond donors (Lipinski definition) is 1. The number of nitrogens with zero attached hydrogens (tertiary/aromatic N) is 1. The van der Waals surface area contributed by atoms with E-state index in [1.54, 1.807) is 6.07 Å². The Morgan fingerprint density at radius 2 is 1.68 bits per heavy atom. The highest BCUT2D eigenvalue weighted by Gasteiger charge is 2.20. The van der Waals surface area contributed by atoms with Crippen molar-refractivity contribution in [1.29, 1.82) is 0 Å². The summed E-state index contributed by atoms with van der Waals surface area (Å²) in [5.41, 5.74) is 4.58. The lowest BCUT2D eigenvalue weighted by atomic mass is 9.87. The van der Waals surface area contributed by atoms with Crippen molar-refractivity contribution < 1.29 is 9.84 Å². The highest BCUT2D eigenvalue weighted by atomic mass is 16.5. The van der Waals surface area contributed by atoms with Crippen LogP contribution < -0.4 is 4.90 Å². The molecule has 0 aliphatic carbocycles. The third-order valence-corrected chi connectivity index (χ3v) is 5.18. The molecule has 1 atom stereocenters. The zero-order chi connectivity index (χ0) is 20.7. The molecular formula is C25H37NO2. The molecule has 0 bridgehead atoms. The summed E-state index contributed by atoms with van der Waals surface area (Å²) in [6.45, 7) is 14.6. The summed E-state index contributed by atoms with van der Waals surface area (Å²) in [7, 11) is 0. The van der Waals surface area contributed by atoms with Gasteiger partial charge in [0.25, 0.3) is 0 Å². The van der Waals surface area contributed by atoms with Gasteiger partial charge in [0.05, 0.1) is 6.61 Å². The summed E-state index contributed by atoms with van der Waals surface area (Å²) in [5.74, 6) is 0.522. The van der Waals surface area contributed by atoms with Crippen molar-refractivity contribution in [2.24, 2.45) is 0 Å². The number of anilines is 1. The minimum atomic E-state index is 0.159. The molecule has 0 aliphatic heterocycles. The summed E-state index contributed by atoms with van der Waals surface area (Å²) < 4.78 is 5.70. The average Bonchev–Trinajstić information content (AvgIpc) is 2.64. The van der Waals surface area contributed by atoms with Crippen molar-refractivity contribution in [3.05, 3.63) is 59.2 Å². The van der Waals surface area contributed by atoms with Crippen LogP contribution in [0, 0.1) is 0 Å². The second-order valence-corrected chi connectivity index (χ2v) is 8.10. The van der Waals surface area contributed by atoms with Gasteiger partial charge in [-0.2, -0.15) is 0 Å². The molecule has 0 aliphatic rings. The predicted octanol–water partition coefficient (Wildman–Crippen LogP) is 6.48. The van der Waals surface area contributed by atoms with Gasteiger partial charge in [-0.1, -0.05) is 32.0 Å². The van der Waals surface area contributed by atoms with Gasteiger partial charge in [0.15, 0.2) is 0 Å². The molecule has 0 fully saturated rings. The van der Waals surface area contributed by atoms with E-state index >= 15 is 0 Å². The van der Waals surface area contributed by atoms with Gasteiger partial charge in [-0.05, 0) is 75.9 Å². The zero-order valence-corrected chi connectivity index (χ0v) is 18.4. The maximum atomic E-state index is 10.6. The molecule has 3 nitrogen and oxygen atoms in total. The van der Waals surface area contributed by atoms with Gasteiger partial charge in [-0.3, -0.25) is 0 Å². The number of phenols is 1. The van der Waals surface area contributed by atoms with Crippen molar-refractivity contribution in [2.45, 2.75) is 79.0 Å².